The molecule has 2 aromatic heterocycles. The van der Waals surface area contributed by atoms with Gasteiger partial charge in [0.05, 0.1) is 21.3 Å². The number of carbonyl (C=O) groups is 1. The van der Waals surface area contributed by atoms with E-state index in [2.05, 4.69) is 25.7 Å². The highest BCUT2D eigenvalue weighted by atomic mass is 19.4. The summed E-state index contributed by atoms with van der Waals surface area (Å²) in [6, 6.07) is 6.27. The summed E-state index contributed by atoms with van der Waals surface area (Å²) < 4.78 is 57.2. The molecule has 3 aromatic rings. The van der Waals surface area contributed by atoms with Crippen LogP contribution < -0.4 is 30.0 Å². The lowest BCUT2D eigenvalue weighted by Gasteiger charge is -2.30. The van der Waals surface area contributed by atoms with Crippen LogP contribution in [0.25, 0.3) is 11.1 Å². The first-order valence-electron chi connectivity index (χ1n) is 11.4. The highest BCUT2D eigenvalue weighted by molar-refractivity contribution is 5.92. The van der Waals surface area contributed by atoms with E-state index >= 15 is 0 Å². The molecule has 1 aliphatic heterocycles. The van der Waals surface area contributed by atoms with Gasteiger partial charge in [-0.1, -0.05) is 0 Å². The smallest absolute Gasteiger partial charge is 0.411 e. The van der Waals surface area contributed by atoms with Crippen molar-refractivity contribution in [2.24, 2.45) is 0 Å². The number of halogens is 3. The number of pyridine rings is 1. The van der Waals surface area contributed by atoms with Gasteiger partial charge in [-0.25, -0.2) is 20.2 Å². The summed E-state index contributed by atoms with van der Waals surface area (Å²) in [5.74, 6) is -0.389. The standard InChI is InChI=1S/C25H25F3N6O5/c1-13-10-24(2,25(26,27)28)33-34(13)20-19(14-6-18(22(35)36)21(39-5)29-11-14)12-30-23(32-20)31-15-7-16(37-3)9-17(8-15)38-4/h6-12,33H,1-5H3,(H,35,36)(H,30,31,32). The summed E-state index contributed by atoms with van der Waals surface area (Å²) in [5, 5.41) is 13.8. The molecule has 0 fully saturated rings. The number of hydrogen-bond donors (Lipinski definition) is 3. The number of carboxylic acids is 1. The molecular formula is C25H25F3N6O5. The van der Waals surface area contributed by atoms with Gasteiger partial charge in [-0.15, -0.1) is 0 Å². The van der Waals surface area contributed by atoms with E-state index in [1.54, 1.807) is 18.2 Å². The number of nitrogens with one attached hydrogen (secondary N) is 2. The van der Waals surface area contributed by atoms with Crippen LogP contribution in [-0.2, 0) is 0 Å². The molecule has 0 radical (unpaired) electrons. The number of anilines is 3. The van der Waals surface area contributed by atoms with Crippen molar-refractivity contribution in [3.8, 4) is 28.5 Å². The van der Waals surface area contributed by atoms with Crippen LogP contribution in [0.1, 0.15) is 24.2 Å². The molecule has 1 atom stereocenters. The van der Waals surface area contributed by atoms with E-state index in [1.165, 1.54) is 51.7 Å². The summed E-state index contributed by atoms with van der Waals surface area (Å²) in [7, 11) is 4.25. The molecule has 3 N–H and O–H groups in total. The lowest BCUT2D eigenvalue weighted by molar-refractivity contribution is -0.174. The molecule has 11 nitrogen and oxygen atoms in total. The number of ether oxygens (including phenoxy) is 3. The fraction of sp³-hybridized carbons (Fsp3) is 0.280. The maximum atomic E-state index is 13.9. The Morgan fingerprint density at radius 1 is 1.05 bits per heavy atom. The first kappa shape index (κ1) is 27.4. The second-order valence-electron chi connectivity index (χ2n) is 8.68. The second kappa shape index (κ2) is 10.3. The Bertz CT molecular complexity index is 1430. The Labute approximate surface area is 221 Å². The molecule has 1 aromatic carbocycles. The van der Waals surface area contributed by atoms with Crippen molar-refractivity contribution >= 4 is 23.4 Å². The molecule has 4 rings (SSSR count). The van der Waals surface area contributed by atoms with Crippen LogP contribution in [0, 0.1) is 0 Å². The van der Waals surface area contributed by atoms with Gasteiger partial charge in [0.15, 0.2) is 11.4 Å². The number of aromatic nitrogens is 3. The summed E-state index contributed by atoms with van der Waals surface area (Å²) in [6.45, 7) is 2.49. The summed E-state index contributed by atoms with van der Waals surface area (Å²) >= 11 is 0. The maximum Gasteiger partial charge on any atom is 0.411 e. The van der Waals surface area contributed by atoms with Crippen LogP contribution in [0.4, 0.5) is 30.6 Å². The van der Waals surface area contributed by atoms with Crippen LogP contribution in [0.15, 0.2) is 48.4 Å². The SMILES string of the molecule is COc1cc(Nc2ncc(-c3cnc(OC)c(C(=O)O)c3)c(N3NC(C)(C(F)(F)F)C=C3C)n2)cc(OC)c1. The number of allylic oxidation sites excluding steroid dienone is 1. The van der Waals surface area contributed by atoms with Crippen LogP contribution in [0.3, 0.4) is 0 Å². The lowest BCUT2D eigenvalue weighted by Crippen LogP contribution is -2.54. The summed E-state index contributed by atoms with van der Waals surface area (Å²) in [6.07, 6.45) is -0.901. The van der Waals surface area contributed by atoms with E-state index in [4.69, 9.17) is 14.2 Å². The van der Waals surface area contributed by atoms with Gasteiger partial charge in [0, 0.05) is 53.1 Å². The number of rotatable bonds is 8. The van der Waals surface area contributed by atoms with Crippen LogP contribution in [-0.4, -0.2) is 59.1 Å². The maximum absolute atomic E-state index is 13.9. The van der Waals surface area contributed by atoms with Gasteiger partial charge in [-0.2, -0.15) is 18.2 Å². The van der Waals surface area contributed by atoms with Gasteiger partial charge in [-0.3, -0.25) is 5.01 Å². The summed E-state index contributed by atoms with van der Waals surface area (Å²) in [4.78, 5) is 24.6. The fourth-order valence-corrected chi connectivity index (χ4v) is 3.93. The Morgan fingerprint density at radius 3 is 2.26 bits per heavy atom. The molecule has 1 aliphatic rings. The van der Waals surface area contributed by atoms with Crippen LogP contribution >= 0.6 is 0 Å². The number of hydrazine groups is 1. The third kappa shape index (κ3) is 5.36. The van der Waals surface area contributed by atoms with Crippen molar-refractivity contribution in [2.75, 3.05) is 31.7 Å². The van der Waals surface area contributed by atoms with Crippen molar-refractivity contribution in [1.82, 2.24) is 20.4 Å². The first-order chi connectivity index (χ1) is 18.4. The van der Waals surface area contributed by atoms with Gasteiger partial charge >= 0.3 is 12.1 Å². The number of methoxy groups -OCH3 is 3. The minimum atomic E-state index is -4.62. The molecule has 0 saturated heterocycles. The molecule has 1 unspecified atom stereocenters. The summed E-state index contributed by atoms with van der Waals surface area (Å²) in [5.41, 5.74) is 1.01. The fourth-order valence-electron chi connectivity index (χ4n) is 3.93. The van der Waals surface area contributed by atoms with Gasteiger partial charge in [0.25, 0.3) is 0 Å². The van der Waals surface area contributed by atoms with E-state index in [1.807, 2.05) is 0 Å². The van der Waals surface area contributed by atoms with E-state index in [9.17, 15) is 23.1 Å². The minimum absolute atomic E-state index is 0.0207. The Balaban J connectivity index is 1.84. The van der Waals surface area contributed by atoms with Crippen LogP contribution in [0.2, 0.25) is 0 Å². The average molecular weight is 547 g/mol. The normalized spacial score (nSPS) is 17.0. The van der Waals surface area contributed by atoms with Crippen molar-refractivity contribution in [1.29, 1.82) is 0 Å². The van der Waals surface area contributed by atoms with Crippen molar-refractivity contribution in [2.45, 2.75) is 25.6 Å². The third-order valence-corrected chi connectivity index (χ3v) is 5.96. The van der Waals surface area contributed by atoms with E-state index < -0.39 is 17.7 Å². The monoisotopic (exact) mass is 546 g/mol. The molecule has 206 valence electrons. The highest BCUT2D eigenvalue weighted by Crippen LogP contribution is 2.41. The Kier molecular flexibility index (Phi) is 7.24. The highest BCUT2D eigenvalue weighted by Gasteiger charge is 2.54. The van der Waals surface area contributed by atoms with E-state index in [0.717, 1.165) is 13.0 Å². The molecule has 0 spiro atoms. The third-order valence-electron chi connectivity index (χ3n) is 5.96. The molecule has 0 saturated carbocycles. The zero-order chi connectivity index (χ0) is 28.5. The van der Waals surface area contributed by atoms with E-state index in [-0.39, 0.29) is 40.0 Å². The number of carboxylic acid groups (broad SMARTS) is 1. The molecule has 0 amide bonds. The second-order valence-corrected chi connectivity index (χ2v) is 8.68. The van der Waals surface area contributed by atoms with Gasteiger partial charge in [0.1, 0.15) is 17.1 Å². The van der Waals surface area contributed by atoms with Crippen molar-refractivity contribution in [3.05, 3.63) is 54.0 Å². The zero-order valence-electron chi connectivity index (χ0n) is 21.5. The topological polar surface area (TPSA) is 131 Å². The van der Waals surface area contributed by atoms with Crippen LogP contribution in [0.5, 0.6) is 17.4 Å². The largest absolute Gasteiger partial charge is 0.497 e. The molecule has 0 aliphatic carbocycles. The number of nitrogens with zero attached hydrogens (tertiary/aromatic N) is 4. The molecule has 39 heavy (non-hydrogen) atoms. The Morgan fingerprint density at radius 2 is 1.72 bits per heavy atom. The molecule has 14 heteroatoms. The predicted octanol–water partition coefficient (Wildman–Crippen LogP) is 4.56. The number of aromatic carboxylic acids is 1. The van der Waals surface area contributed by atoms with Gasteiger partial charge in [0.2, 0.25) is 11.8 Å². The van der Waals surface area contributed by atoms with Gasteiger partial charge in [-0.05, 0) is 26.0 Å². The minimum Gasteiger partial charge on any atom is -0.497 e. The molecule has 0 bridgehead atoms. The lowest BCUT2D eigenvalue weighted by atomic mass is 10.0. The Hall–Kier alpha value is -4.59. The number of hydrogen-bond acceptors (Lipinski definition) is 10. The zero-order valence-corrected chi connectivity index (χ0v) is 21.5. The van der Waals surface area contributed by atoms with Gasteiger partial charge < -0.3 is 24.6 Å². The van der Waals surface area contributed by atoms with Crippen molar-refractivity contribution in [3.63, 3.8) is 0 Å². The van der Waals surface area contributed by atoms with Crippen molar-refractivity contribution < 1.29 is 37.3 Å². The number of alkyl halides is 3. The molecule has 3 heterocycles. The number of benzene rings is 1. The molecular weight excluding hydrogens is 521 g/mol. The predicted molar refractivity (Wildman–Crippen MR) is 135 cm³/mol. The quantitative estimate of drug-likeness (QED) is 0.368. The average Bonchev–Trinajstić information content (AvgIpc) is 3.23. The van der Waals surface area contributed by atoms with E-state index in [0.29, 0.717) is 17.2 Å². The first-order valence-corrected chi connectivity index (χ1v) is 11.4.